The Morgan fingerprint density at radius 3 is 2.87 bits per heavy atom. The summed E-state index contributed by atoms with van der Waals surface area (Å²) >= 11 is 0. The molecule has 0 saturated carbocycles. The molecular formula is C12H8N3. The first-order chi connectivity index (χ1) is 7.43. The van der Waals surface area contributed by atoms with E-state index in [4.69, 9.17) is 0 Å². The third-order valence-corrected chi connectivity index (χ3v) is 2.32. The Bertz CT molecular complexity index is 585. The highest BCUT2D eigenvalue weighted by Crippen LogP contribution is 2.18. The molecule has 71 valence electrons. The second-order valence-corrected chi connectivity index (χ2v) is 3.30. The number of hydrogen-bond donors (Lipinski definition) is 1. The van der Waals surface area contributed by atoms with Gasteiger partial charge in [0.1, 0.15) is 6.20 Å². The normalized spacial score (nSPS) is 10.7. The molecule has 1 N–H and O–H groups in total. The Morgan fingerprint density at radius 1 is 1.07 bits per heavy atom. The number of aromatic amines is 1. The predicted octanol–water partition coefficient (Wildman–Crippen LogP) is 2.43. The molecule has 0 unspecified atom stereocenters. The van der Waals surface area contributed by atoms with E-state index < -0.39 is 0 Å². The Kier molecular flexibility index (Phi) is 1.75. The van der Waals surface area contributed by atoms with Crippen LogP contribution in [0.4, 0.5) is 0 Å². The van der Waals surface area contributed by atoms with E-state index in [0.29, 0.717) is 0 Å². The highest BCUT2D eigenvalue weighted by molar-refractivity contribution is 5.80. The summed E-state index contributed by atoms with van der Waals surface area (Å²) < 4.78 is 0. The van der Waals surface area contributed by atoms with Crippen LogP contribution in [0.2, 0.25) is 0 Å². The van der Waals surface area contributed by atoms with Gasteiger partial charge in [-0.05, 0) is 18.2 Å². The van der Waals surface area contributed by atoms with Gasteiger partial charge in [0.25, 0.3) is 0 Å². The van der Waals surface area contributed by atoms with E-state index >= 15 is 0 Å². The van der Waals surface area contributed by atoms with Gasteiger partial charge in [0.2, 0.25) is 0 Å². The van der Waals surface area contributed by atoms with Gasteiger partial charge in [0.15, 0.2) is 0 Å². The quantitative estimate of drug-likeness (QED) is 0.646. The van der Waals surface area contributed by atoms with Crippen LogP contribution in [-0.4, -0.2) is 15.2 Å². The maximum absolute atomic E-state index is 4.53. The topological polar surface area (TPSA) is 41.6 Å². The average molecular weight is 194 g/mol. The standard InChI is InChI=1S/C12H8N3/c1-2-4-10-9(3-1)5-6-11(14-10)12-7-8-13-15-12/h1-7H,(H,13,15). The average Bonchev–Trinajstić information content (AvgIpc) is 2.82. The lowest BCUT2D eigenvalue weighted by atomic mass is 10.2. The first kappa shape index (κ1) is 8.17. The van der Waals surface area contributed by atoms with Crippen molar-refractivity contribution in [2.45, 2.75) is 0 Å². The van der Waals surface area contributed by atoms with Crippen molar-refractivity contribution >= 4 is 10.9 Å². The van der Waals surface area contributed by atoms with Gasteiger partial charge in [-0.3, -0.25) is 5.10 Å². The summed E-state index contributed by atoms with van der Waals surface area (Å²) in [5.74, 6) is 0. The lowest BCUT2D eigenvalue weighted by Gasteiger charge is -1.99. The molecule has 0 spiro atoms. The number of fused-ring (bicyclic) bond motifs is 1. The summed E-state index contributed by atoms with van der Waals surface area (Å²) in [6.07, 6.45) is 2.73. The van der Waals surface area contributed by atoms with E-state index in [9.17, 15) is 0 Å². The molecule has 0 fully saturated rings. The maximum Gasteiger partial charge on any atom is 0.113 e. The summed E-state index contributed by atoms with van der Waals surface area (Å²) in [5, 5.41) is 7.78. The number of hydrogen-bond acceptors (Lipinski definition) is 2. The van der Waals surface area contributed by atoms with Crippen LogP contribution in [0.15, 0.2) is 42.5 Å². The molecule has 0 aliphatic carbocycles. The van der Waals surface area contributed by atoms with Crippen molar-refractivity contribution in [3.8, 4) is 11.4 Å². The number of rotatable bonds is 1. The van der Waals surface area contributed by atoms with Crippen LogP contribution < -0.4 is 0 Å². The number of nitrogens with zero attached hydrogens (tertiary/aromatic N) is 2. The zero-order valence-corrected chi connectivity index (χ0v) is 7.94. The Morgan fingerprint density at radius 2 is 2.00 bits per heavy atom. The number of H-pyrrole nitrogens is 1. The molecule has 3 aromatic rings. The number of nitrogens with one attached hydrogen (secondary N) is 1. The minimum Gasteiger partial charge on any atom is -0.276 e. The summed E-state index contributed by atoms with van der Waals surface area (Å²) in [5.41, 5.74) is 2.77. The van der Waals surface area contributed by atoms with E-state index in [1.54, 1.807) is 6.07 Å². The fourth-order valence-electron chi connectivity index (χ4n) is 1.57. The van der Waals surface area contributed by atoms with E-state index in [2.05, 4.69) is 27.4 Å². The van der Waals surface area contributed by atoms with Gasteiger partial charge in [-0.2, -0.15) is 5.10 Å². The molecule has 3 nitrogen and oxygen atoms in total. The molecule has 0 bridgehead atoms. The number of para-hydroxylation sites is 1. The van der Waals surface area contributed by atoms with Crippen molar-refractivity contribution in [1.29, 1.82) is 0 Å². The van der Waals surface area contributed by atoms with Gasteiger partial charge in [-0.1, -0.05) is 24.3 Å². The molecule has 0 aliphatic heterocycles. The summed E-state index contributed by atoms with van der Waals surface area (Å²) in [4.78, 5) is 4.53. The SMILES string of the molecule is [c]1cc(-c2ccc3ccccc3n2)[nH]n1. The zero-order valence-electron chi connectivity index (χ0n) is 7.94. The molecular weight excluding hydrogens is 186 g/mol. The van der Waals surface area contributed by atoms with Crippen molar-refractivity contribution in [2.75, 3.05) is 0 Å². The van der Waals surface area contributed by atoms with Crippen LogP contribution in [0, 0.1) is 6.20 Å². The van der Waals surface area contributed by atoms with Crippen molar-refractivity contribution in [2.24, 2.45) is 0 Å². The summed E-state index contributed by atoms with van der Waals surface area (Å²) in [6.45, 7) is 0. The van der Waals surface area contributed by atoms with Crippen molar-refractivity contribution < 1.29 is 0 Å². The van der Waals surface area contributed by atoms with Crippen LogP contribution in [0.5, 0.6) is 0 Å². The minimum absolute atomic E-state index is 0.890. The molecule has 1 radical (unpaired) electrons. The fraction of sp³-hybridized carbons (Fsp3) is 0. The maximum atomic E-state index is 4.53. The molecule has 0 amide bonds. The lowest BCUT2D eigenvalue weighted by Crippen LogP contribution is -1.84. The van der Waals surface area contributed by atoms with Crippen LogP contribution in [0.1, 0.15) is 0 Å². The van der Waals surface area contributed by atoms with Crippen LogP contribution in [-0.2, 0) is 0 Å². The highest BCUT2D eigenvalue weighted by atomic mass is 15.1. The summed E-state index contributed by atoms with van der Waals surface area (Å²) in [7, 11) is 0. The monoisotopic (exact) mass is 194 g/mol. The number of benzene rings is 1. The largest absolute Gasteiger partial charge is 0.276 e. The first-order valence-corrected chi connectivity index (χ1v) is 4.71. The molecule has 2 aromatic heterocycles. The van der Waals surface area contributed by atoms with Gasteiger partial charge in [0.05, 0.1) is 16.9 Å². The van der Waals surface area contributed by atoms with Crippen molar-refractivity contribution in [3.63, 3.8) is 0 Å². The Labute approximate surface area is 86.8 Å². The number of pyridine rings is 1. The molecule has 15 heavy (non-hydrogen) atoms. The van der Waals surface area contributed by atoms with Gasteiger partial charge >= 0.3 is 0 Å². The second-order valence-electron chi connectivity index (χ2n) is 3.30. The van der Waals surface area contributed by atoms with Gasteiger partial charge in [0, 0.05) is 5.39 Å². The summed E-state index contributed by atoms with van der Waals surface area (Å²) in [6, 6.07) is 13.9. The Balaban J connectivity index is 2.22. The van der Waals surface area contributed by atoms with Gasteiger partial charge < -0.3 is 0 Å². The van der Waals surface area contributed by atoms with E-state index in [-0.39, 0.29) is 0 Å². The smallest absolute Gasteiger partial charge is 0.113 e. The van der Waals surface area contributed by atoms with Gasteiger partial charge in [-0.15, -0.1) is 0 Å². The second kappa shape index (κ2) is 3.20. The molecule has 3 rings (SSSR count). The third kappa shape index (κ3) is 1.38. The zero-order chi connectivity index (χ0) is 10.1. The minimum atomic E-state index is 0.890. The molecule has 0 aliphatic rings. The van der Waals surface area contributed by atoms with E-state index in [1.807, 2.05) is 30.3 Å². The van der Waals surface area contributed by atoms with Crippen LogP contribution >= 0.6 is 0 Å². The molecule has 3 heteroatoms. The Hall–Kier alpha value is -2.16. The third-order valence-electron chi connectivity index (χ3n) is 2.32. The van der Waals surface area contributed by atoms with Crippen molar-refractivity contribution in [3.05, 3.63) is 48.7 Å². The van der Waals surface area contributed by atoms with Crippen LogP contribution in [0.3, 0.4) is 0 Å². The molecule has 0 saturated heterocycles. The van der Waals surface area contributed by atoms with E-state index in [0.717, 1.165) is 22.3 Å². The lowest BCUT2D eigenvalue weighted by molar-refractivity contribution is 1.08. The van der Waals surface area contributed by atoms with Gasteiger partial charge in [-0.25, -0.2) is 4.98 Å². The van der Waals surface area contributed by atoms with Crippen LogP contribution in [0.25, 0.3) is 22.3 Å². The first-order valence-electron chi connectivity index (χ1n) is 4.71. The molecule has 2 heterocycles. The fourth-order valence-corrected chi connectivity index (χ4v) is 1.57. The number of aromatic nitrogens is 3. The molecule has 0 atom stereocenters. The van der Waals surface area contributed by atoms with E-state index in [1.165, 1.54) is 0 Å². The predicted molar refractivity (Wildman–Crippen MR) is 58.2 cm³/mol. The van der Waals surface area contributed by atoms with Crippen molar-refractivity contribution in [1.82, 2.24) is 15.2 Å². The molecule has 1 aromatic carbocycles. The highest BCUT2D eigenvalue weighted by Gasteiger charge is 2.01.